The van der Waals surface area contributed by atoms with E-state index in [1.807, 2.05) is 0 Å². The van der Waals surface area contributed by atoms with Crippen LogP contribution < -0.4 is 5.73 Å². The Kier molecular flexibility index (Phi) is 5.38. The summed E-state index contributed by atoms with van der Waals surface area (Å²) in [4.78, 5) is 32.4. The molecule has 0 aromatic carbocycles. The number of ether oxygens (including phenoxy) is 1. The second-order valence-corrected chi connectivity index (χ2v) is 3.43. The minimum atomic E-state index is -1.17. The van der Waals surface area contributed by atoms with Crippen LogP contribution >= 0.6 is 0 Å². The highest BCUT2D eigenvalue weighted by Gasteiger charge is 2.20. The zero-order valence-electron chi connectivity index (χ0n) is 9.23. The Balaban J connectivity index is 4.20. The highest BCUT2D eigenvalue weighted by molar-refractivity contribution is 6.15. The van der Waals surface area contributed by atoms with Gasteiger partial charge < -0.3 is 15.6 Å². The number of hydrogen-bond acceptors (Lipinski definition) is 5. The first-order valence-corrected chi connectivity index (χ1v) is 4.65. The number of carboxylic acid groups (broad SMARTS) is 1. The van der Waals surface area contributed by atoms with Crippen molar-refractivity contribution in [1.82, 2.24) is 0 Å². The molecule has 0 fully saturated rings. The maximum atomic E-state index is 11.2. The van der Waals surface area contributed by atoms with Crippen LogP contribution in [0.5, 0.6) is 0 Å². The molecule has 6 nitrogen and oxygen atoms in total. The third-order valence-electron chi connectivity index (χ3n) is 1.88. The summed E-state index contributed by atoms with van der Waals surface area (Å²) < 4.78 is 4.79. The molecule has 90 valence electrons. The summed E-state index contributed by atoms with van der Waals surface area (Å²) in [5.41, 5.74) is 4.98. The SMILES string of the molecule is C=C(C(C)=O)C(=O)OC(C)CC(N)C(=O)O. The van der Waals surface area contributed by atoms with Gasteiger partial charge in [-0.05, 0) is 13.8 Å². The predicted molar refractivity (Wildman–Crippen MR) is 55.6 cm³/mol. The average Bonchev–Trinajstić information content (AvgIpc) is 2.15. The molecule has 0 aliphatic heterocycles. The molecule has 0 radical (unpaired) electrons. The van der Waals surface area contributed by atoms with Crippen molar-refractivity contribution in [2.45, 2.75) is 32.4 Å². The summed E-state index contributed by atoms with van der Waals surface area (Å²) in [5.74, 6) is -2.51. The molecule has 0 aromatic rings. The van der Waals surface area contributed by atoms with Crippen LogP contribution in [0.3, 0.4) is 0 Å². The molecular weight excluding hydrogens is 214 g/mol. The lowest BCUT2D eigenvalue weighted by molar-refractivity contribution is -0.147. The van der Waals surface area contributed by atoms with Crippen LogP contribution in [0.2, 0.25) is 0 Å². The number of aliphatic carboxylic acids is 1. The van der Waals surface area contributed by atoms with Gasteiger partial charge in [0.15, 0.2) is 5.78 Å². The van der Waals surface area contributed by atoms with Crippen molar-refractivity contribution >= 4 is 17.7 Å². The number of rotatable bonds is 6. The fourth-order valence-electron chi connectivity index (χ4n) is 0.904. The molecule has 0 aromatic heterocycles. The lowest BCUT2D eigenvalue weighted by atomic mass is 10.1. The van der Waals surface area contributed by atoms with Gasteiger partial charge in [0.25, 0.3) is 0 Å². The van der Waals surface area contributed by atoms with Gasteiger partial charge in [0, 0.05) is 6.42 Å². The van der Waals surface area contributed by atoms with E-state index in [2.05, 4.69) is 6.58 Å². The van der Waals surface area contributed by atoms with Crippen molar-refractivity contribution in [2.24, 2.45) is 5.73 Å². The lowest BCUT2D eigenvalue weighted by Crippen LogP contribution is -2.35. The summed E-state index contributed by atoms with van der Waals surface area (Å²) in [7, 11) is 0. The topological polar surface area (TPSA) is 107 Å². The van der Waals surface area contributed by atoms with Gasteiger partial charge in [-0.15, -0.1) is 0 Å². The van der Waals surface area contributed by atoms with Gasteiger partial charge in [0.1, 0.15) is 12.1 Å². The maximum Gasteiger partial charge on any atom is 0.341 e. The number of Topliss-reactive ketones (excluding diaryl/α,β-unsaturated/α-hetero) is 1. The zero-order chi connectivity index (χ0) is 12.9. The van der Waals surface area contributed by atoms with Crippen molar-refractivity contribution < 1.29 is 24.2 Å². The minimum Gasteiger partial charge on any atom is -0.480 e. The average molecular weight is 229 g/mol. The van der Waals surface area contributed by atoms with E-state index >= 15 is 0 Å². The molecule has 0 bridgehead atoms. The third kappa shape index (κ3) is 4.70. The predicted octanol–water partition coefficient (Wildman–Crippen LogP) is -0.135. The van der Waals surface area contributed by atoms with Crippen LogP contribution in [0, 0.1) is 0 Å². The molecule has 2 atom stereocenters. The molecule has 0 spiro atoms. The third-order valence-corrected chi connectivity index (χ3v) is 1.88. The Labute approximate surface area is 93.1 Å². The minimum absolute atomic E-state index is 0.0216. The fourth-order valence-corrected chi connectivity index (χ4v) is 0.904. The summed E-state index contributed by atoms with van der Waals surface area (Å²) in [6, 6.07) is -1.10. The maximum absolute atomic E-state index is 11.2. The van der Waals surface area contributed by atoms with Gasteiger partial charge in [-0.2, -0.15) is 0 Å². The molecule has 0 rings (SSSR count). The van der Waals surface area contributed by atoms with Gasteiger partial charge in [-0.25, -0.2) is 4.79 Å². The summed E-state index contributed by atoms with van der Waals surface area (Å²) in [6.45, 7) is 5.94. The molecule has 0 aliphatic carbocycles. The van der Waals surface area contributed by atoms with E-state index < -0.39 is 29.9 Å². The number of ketones is 1. The molecule has 0 heterocycles. The number of hydrogen-bond donors (Lipinski definition) is 2. The summed E-state index contributed by atoms with van der Waals surface area (Å²) in [6.07, 6.45) is -0.707. The van der Waals surface area contributed by atoms with Crippen LogP contribution in [0.15, 0.2) is 12.2 Å². The van der Waals surface area contributed by atoms with Crippen molar-refractivity contribution in [3.8, 4) is 0 Å². The highest BCUT2D eigenvalue weighted by atomic mass is 16.5. The van der Waals surface area contributed by atoms with Gasteiger partial charge in [-0.3, -0.25) is 9.59 Å². The molecular formula is C10H15NO5. The van der Waals surface area contributed by atoms with Gasteiger partial charge in [-0.1, -0.05) is 6.58 Å². The van der Waals surface area contributed by atoms with Crippen molar-refractivity contribution in [2.75, 3.05) is 0 Å². The van der Waals surface area contributed by atoms with Crippen molar-refractivity contribution in [3.05, 3.63) is 12.2 Å². The van der Waals surface area contributed by atoms with Crippen LogP contribution in [-0.2, 0) is 19.1 Å². The molecule has 3 N–H and O–H groups in total. The van der Waals surface area contributed by atoms with E-state index in [1.165, 1.54) is 13.8 Å². The monoisotopic (exact) mass is 229 g/mol. The number of carboxylic acids is 1. The Hall–Kier alpha value is -1.69. The van der Waals surface area contributed by atoms with Crippen LogP contribution in [0.25, 0.3) is 0 Å². The van der Waals surface area contributed by atoms with Gasteiger partial charge >= 0.3 is 11.9 Å². The molecule has 0 saturated heterocycles. The molecule has 16 heavy (non-hydrogen) atoms. The first-order chi connectivity index (χ1) is 7.25. The number of esters is 1. The largest absolute Gasteiger partial charge is 0.480 e. The van der Waals surface area contributed by atoms with Crippen molar-refractivity contribution in [3.63, 3.8) is 0 Å². The Morgan fingerprint density at radius 2 is 1.94 bits per heavy atom. The number of carbonyl (C=O) groups is 3. The second-order valence-electron chi connectivity index (χ2n) is 3.43. The Bertz CT molecular complexity index is 323. The second kappa shape index (κ2) is 6.02. The van der Waals surface area contributed by atoms with E-state index in [1.54, 1.807) is 0 Å². The Morgan fingerprint density at radius 3 is 2.31 bits per heavy atom. The standard InChI is InChI=1S/C10H15NO5/c1-5(4-8(11)9(13)14)16-10(15)6(2)7(3)12/h5,8H,2,4,11H2,1,3H3,(H,13,14). The number of carbonyl (C=O) groups excluding carboxylic acids is 2. The van der Waals surface area contributed by atoms with Crippen LogP contribution in [-0.4, -0.2) is 35.0 Å². The highest BCUT2D eigenvalue weighted by Crippen LogP contribution is 2.05. The van der Waals surface area contributed by atoms with Crippen LogP contribution in [0.4, 0.5) is 0 Å². The summed E-state index contributed by atoms with van der Waals surface area (Å²) in [5, 5.41) is 8.53. The lowest BCUT2D eigenvalue weighted by Gasteiger charge is -2.15. The number of nitrogens with two attached hydrogens (primary N) is 1. The Morgan fingerprint density at radius 1 is 1.44 bits per heavy atom. The van der Waals surface area contributed by atoms with E-state index in [-0.39, 0.29) is 12.0 Å². The molecule has 0 aliphatic rings. The molecule has 6 heteroatoms. The van der Waals surface area contributed by atoms with E-state index in [0.717, 1.165) is 0 Å². The first-order valence-electron chi connectivity index (χ1n) is 4.65. The normalized spacial score (nSPS) is 13.7. The molecule has 2 unspecified atom stereocenters. The quantitative estimate of drug-likeness (QED) is 0.284. The zero-order valence-corrected chi connectivity index (χ0v) is 9.23. The van der Waals surface area contributed by atoms with Crippen LogP contribution in [0.1, 0.15) is 20.3 Å². The van der Waals surface area contributed by atoms with Gasteiger partial charge in [0.05, 0.1) is 5.57 Å². The molecule has 0 saturated carbocycles. The van der Waals surface area contributed by atoms with Gasteiger partial charge in [0.2, 0.25) is 0 Å². The van der Waals surface area contributed by atoms with E-state index in [4.69, 9.17) is 15.6 Å². The summed E-state index contributed by atoms with van der Waals surface area (Å²) >= 11 is 0. The first kappa shape index (κ1) is 14.3. The fraction of sp³-hybridized carbons (Fsp3) is 0.500. The van der Waals surface area contributed by atoms with E-state index in [0.29, 0.717) is 0 Å². The van der Waals surface area contributed by atoms with E-state index in [9.17, 15) is 14.4 Å². The van der Waals surface area contributed by atoms with Crippen molar-refractivity contribution in [1.29, 1.82) is 0 Å². The smallest absolute Gasteiger partial charge is 0.341 e. The molecule has 0 amide bonds.